The summed E-state index contributed by atoms with van der Waals surface area (Å²) in [6.07, 6.45) is 0.917. The van der Waals surface area contributed by atoms with Crippen LogP contribution < -0.4 is 0 Å². The highest BCUT2D eigenvalue weighted by Gasteiger charge is 2.05. The van der Waals surface area contributed by atoms with Crippen molar-refractivity contribution in [2.45, 2.75) is 13.3 Å². The van der Waals surface area contributed by atoms with Crippen molar-refractivity contribution in [3.8, 4) is 0 Å². The van der Waals surface area contributed by atoms with Crippen molar-refractivity contribution in [1.29, 1.82) is 0 Å². The molecule has 0 amide bonds. The van der Waals surface area contributed by atoms with E-state index < -0.39 is 5.97 Å². The summed E-state index contributed by atoms with van der Waals surface area (Å²) in [5.74, 6) is -0.872. The molecule has 0 bridgehead atoms. The van der Waals surface area contributed by atoms with E-state index in [1.165, 1.54) is 5.56 Å². The Hall–Kier alpha value is -1.83. The Morgan fingerprint density at radius 2 is 2.07 bits per heavy atom. The molecule has 0 aliphatic carbocycles. The second-order valence-corrected chi connectivity index (χ2v) is 3.51. The van der Waals surface area contributed by atoms with Crippen LogP contribution >= 0.6 is 0 Å². The number of carbonyl (C=O) groups is 1. The highest BCUT2D eigenvalue weighted by molar-refractivity contribution is 5.95. The van der Waals surface area contributed by atoms with Crippen LogP contribution in [0.5, 0.6) is 0 Å². The van der Waals surface area contributed by atoms with Gasteiger partial charge in [-0.3, -0.25) is 0 Å². The third kappa shape index (κ3) is 1.71. The van der Waals surface area contributed by atoms with Gasteiger partial charge in [-0.05, 0) is 34.9 Å². The zero-order valence-corrected chi connectivity index (χ0v) is 8.53. The normalized spacial score (nSPS) is 10.5. The van der Waals surface area contributed by atoms with Crippen molar-refractivity contribution >= 4 is 16.7 Å². The molecule has 2 nitrogen and oxygen atoms in total. The first-order chi connectivity index (χ1) is 7.22. The lowest BCUT2D eigenvalue weighted by Gasteiger charge is -2.04. The van der Waals surface area contributed by atoms with Gasteiger partial charge in [-0.25, -0.2) is 4.79 Å². The van der Waals surface area contributed by atoms with E-state index in [1.54, 1.807) is 12.1 Å². The Kier molecular flexibility index (Phi) is 2.42. The van der Waals surface area contributed by atoms with Gasteiger partial charge in [0, 0.05) is 0 Å². The molecule has 0 saturated carbocycles. The predicted molar refractivity (Wildman–Crippen MR) is 60.3 cm³/mol. The molecule has 0 aliphatic heterocycles. The molecule has 1 N–H and O–H groups in total. The van der Waals surface area contributed by atoms with Gasteiger partial charge >= 0.3 is 5.97 Å². The first-order valence-electron chi connectivity index (χ1n) is 4.97. The second kappa shape index (κ2) is 3.73. The first kappa shape index (κ1) is 9.71. The molecule has 2 aromatic carbocycles. The Morgan fingerprint density at radius 1 is 1.27 bits per heavy atom. The van der Waals surface area contributed by atoms with Crippen molar-refractivity contribution in [2.75, 3.05) is 0 Å². The molecule has 0 heterocycles. The van der Waals surface area contributed by atoms with E-state index in [1.807, 2.05) is 24.3 Å². The molecule has 15 heavy (non-hydrogen) atoms. The van der Waals surface area contributed by atoms with Crippen molar-refractivity contribution < 1.29 is 9.90 Å². The van der Waals surface area contributed by atoms with Gasteiger partial charge < -0.3 is 5.11 Å². The summed E-state index contributed by atoms with van der Waals surface area (Å²) in [4.78, 5) is 10.8. The van der Waals surface area contributed by atoms with E-state index in [0.29, 0.717) is 5.56 Å². The van der Waals surface area contributed by atoms with Crippen molar-refractivity contribution in [2.24, 2.45) is 0 Å². The highest BCUT2D eigenvalue weighted by atomic mass is 16.4. The van der Waals surface area contributed by atoms with Crippen LogP contribution in [-0.2, 0) is 6.42 Å². The van der Waals surface area contributed by atoms with Gasteiger partial charge in [0.05, 0.1) is 5.56 Å². The van der Waals surface area contributed by atoms with Gasteiger partial charge in [-0.1, -0.05) is 31.2 Å². The summed E-state index contributed by atoms with van der Waals surface area (Å²) in [5.41, 5.74) is 1.54. The molecule has 2 aromatic rings. The topological polar surface area (TPSA) is 37.3 Å². The van der Waals surface area contributed by atoms with Crippen LogP contribution in [-0.4, -0.2) is 11.1 Å². The van der Waals surface area contributed by atoms with E-state index >= 15 is 0 Å². The summed E-state index contributed by atoms with van der Waals surface area (Å²) in [6, 6.07) is 11.3. The van der Waals surface area contributed by atoms with Crippen LogP contribution in [0.1, 0.15) is 22.8 Å². The Morgan fingerprint density at radius 3 is 2.73 bits per heavy atom. The van der Waals surface area contributed by atoms with Gasteiger partial charge in [0.2, 0.25) is 0 Å². The molecule has 0 fully saturated rings. The number of hydrogen-bond donors (Lipinski definition) is 1. The summed E-state index contributed by atoms with van der Waals surface area (Å²) in [7, 11) is 0. The highest BCUT2D eigenvalue weighted by Crippen LogP contribution is 2.20. The number of carboxylic acids is 1. The molecule has 0 spiro atoms. The number of rotatable bonds is 2. The molecule has 0 radical (unpaired) electrons. The lowest BCUT2D eigenvalue weighted by Crippen LogP contribution is -1.96. The van der Waals surface area contributed by atoms with E-state index in [0.717, 1.165) is 17.2 Å². The van der Waals surface area contributed by atoms with E-state index in [4.69, 9.17) is 5.11 Å². The van der Waals surface area contributed by atoms with Crippen molar-refractivity contribution in [3.63, 3.8) is 0 Å². The van der Waals surface area contributed by atoms with Crippen LogP contribution in [0.4, 0.5) is 0 Å². The minimum absolute atomic E-state index is 0.350. The smallest absolute Gasteiger partial charge is 0.335 e. The zero-order chi connectivity index (χ0) is 10.8. The molecule has 76 valence electrons. The molecular formula is C13H12O2. The van der Waals surface area contributed by atoms with E-state index in [2.05, 4.69) is 6.92 Å². The summed E-state index contributed by atoms with van der Waals surface area (Å²) in [6.45, 7) is 2.07. The Labute approximate surface area is 88.2 Å². The monoisotopic (exact) mass is 200 g/mol. The number of aryl methyl sites for hydroxylation is 1. The standard InChI is InChI=1S/C13H12O2/c1-2-9-4-3-5-10-6-7-11(13(14)15)8-12(9)10/h3-8H,2H2,1H3,(H,14,15). The molecule has 0 aliphatic rings. The molecule has 2 rings (SSSR count). The summed E-state index contributed by atoms with van der Waals surface area (Å²) < 4.78 is 0. The van der Waals surface area contributed by atoms with Gasteiger partial charge in [-0.2, -0.15) is 0 Å². The first-order valence-corrected chi connectivity index (χ1v) is 4.97. The van der Waals surface area contributed by atoms with Crippen LogP contribution in [0.15, 0.2) is 36.4 Å². The molecule has 0 unspecified atom stereocenters. The maximum Gasteiger partial charge on any atom is 0.335 e. The average Bonchev–Trinajstić information content (AvgIpc) is 2.27. The van der Waals surface area contributed by atoms with E-state index in [9.17, 15) is 4.79 Å². The summed E-state index contributed by atoms with van der Waals surface area (Å²) in [5, 5.41) is 11.0. The lowest BCUT2D eigenvalue weighted by atomic mass is 10.0. The third-order valence-electron chi connectivity index (χ3n) is 2.60. The van der Waals surface area contributed by atoms with Crippen molar-refractivity contribution in [1.82, 2.24) is 0 Å². The zero-order valence-electron chi connectivity index (χ0n) is 8.53. The van der Waals surface area contributed by atoms with Crippen LogP contribution in [0.2, 0.25) is 0 Å². The van der Waals surface area contributed by atoms with Crippen LogP contribution in [0.3, 0.4) is 0 Å². The minimum Gasteiger partial charge on any atom is -0.478 e. The van der Waals surface area contributed by atoms with Gasteiger partial charge in [0.1, 0.15) is 0 Å². The number of hydrogen-bond acceptors (Lipinski definition) is 1. The average molecular weight is 200 g/mol. The predicted octanol–water partition coefficient (Wildman–Crippen LogP) is 3.10. The van der Waals surface area contributed by atoms with Gasteiger partial charge in [-0.15, -0.1) is 0 Å². The second-order valence-electron chi connectivity index (χ2n) is 3.51. The maximum absolute atomic E-state index is 10.8. The third-order valence-corrected chi connectivity index (χ3v) is 2.60. The molecular weight excluding hydrogens is 188 g/mol. The number of fused-ring (bicyclic) bond motifs is 1. The van der Waals surface area contributed by atoms with Gasteiger partial charge in [0.25, 0.3) is 0 Å². The molecule has 0 saturated heterocycles. The lowest BCUT2D eigenvalue weighted by molar-refractivity contribution is 0.0697. The quantitative estimate of drug-likeness (QED) is 0.808. The molecule has 0 aromatic heterocycles. The van der Waals surface area contributed by atoms with E-state index in [-0.39, 0.29) is 0 Å². The summed E-state index contributed by atoms with van der Waals surface area (Å²) >= 11 is 0. The molecule has 2 heteroatoms. The fraction of sp³-hybridized carbons (Fsp3) is 0.154. The SMILES string of the molecule is CCc1cccc2ccc(C(=O)O)cc12. The number of aromatic carboxylic acids is 1. The largest absolute Gasteiger partial charge is 0.478 e. The maximum atomic E-state index is 10.8. The van der Waals surface area contributed by atoms with Crippen molar-refractivity contribution in [3.05, 3.63) is 47.5 Å². The Balaban J connectivity index is 2.72. The fourth-order valence-corrected chi connectivity index (χ4v) is 1.78. The van der Waals surface area contributed by atoms with Crippen LogP contribution in [0.25, 0.3) is 10.8 Å². The minimum atomic E-state index is -0.872. The van der Waals surface area contributed by atoms with Gasteiger partial charge in [0.15, 0.2) is 0 Å². The number of benzene rings is 2. The van der Waals surface area contributed by atoms with Crippen LogP contribution in [0, 0.1) is 0 Å². The fourth-order valence-electron chi connectivity index (χ4n) is 1.78. The molecule has 0 atom stereocenters. The Bertz CT molecular complexity index is 515. The number of carboxylic acid groups (broad SMARTS) is 1.